The molecule has 1 heterocycles. The van der Waals surface area contributed by atoms with Crippen LogP contribution in [-0.4, -0.2) is 10.9 Å². The summed E-state index contributed by atoms with van der Waals surface area (Å²) in [5.41, 5.74) is 0.293. The maximum absolute atomic E-state index is 13.0. The molecule has 0 fully saturated rings. The molecule has 1 aromatic rings. The molecule has 0 spiro atoms. The van der Waals surface area contributed by atoms with Gasteiger partial charge in [0.05, 0.1) is 0 Å². The Labute approximate surface area is 72.9 Å². The van der Waals surface area contributed by atoms with Crippen LogP contribution in [0.4, 0.5) is 13.2 Å². The zero-order chi connectivity index (χ0) is 9.47. The molecule has 1 nitrogen and oxygen atoms in total. The second kappa shape index (κ2) is 2.58. The lowest BCUT2D eigenvalue weighted by Gasteiger charge is -2.18. The number of aromatic nitrogens is 1. The molecule has 0 saturated carbocycles. The molecule has 0 bridgehead atoms. The van der Waals surface area contributed by atoms with Gasteiger partial charge in [-0.25, -0.2) is 13.2 Å². The second-order valence-electron chi connectivity index (χ2n) is 2.94. The summed E-state index contributed by atoms with van der Waals surface area (Å²) in [6.45, 7) is 0. The van der Waals surface area contributed by atoms with Crippen molar-refractivity contribution in [2.75, 3.05) is 0 Å². The van der Waals surface area contributed by atoms with E-state index in [0.717, 1.165) is 0 Å². The molecule has 4 heteroatoms. The van der Waals surface area contributed by atoms with Crippen LogP contribution in [-0.2, 0) is 6.42 Å². The van der Waals surface area contributed by atoms with Gasteiger partial charge in [0, 0.05) is 18.7 Å². The van der Waals surface area contributed by atoms with Crippen molar-refractivity contribution in [3.8, 4) is 0 Å². The van der Waals surface area contributed by atoms with Crippen molar-refractivity contribution in [1.82, 2.24) is 4.98 Å². The number of hydrogen-bond acceptors (Lipinski definition) is 1. The Balaban J connectivity index is 2.55. The monoisotopic (exact) mass is 185 g/mol. The third kappa shape index (κ3) is 1.43. The van der Waals surface area contributed by atoms with Gasteiger partial charge in [-0.15, -0.1) is 0 Å². The highest BCUT2D eigenvalue weighted by atomic mass is 19.3. The van der Waals surface area contributed by atoms with Gasteiger partial charge in [0.25, 0.3) is 5.92 Å². The summed E-state index contributed by atoms with van der Waals surface area (Å²) >= 11 is 0. The molecule has 2 rings (SSSR count). The number of allylic oxidation sites excluding steroid dienone is 1. The van der Waals surface area contributed by atoms with Gasteiger partial charge in [0.15, 0.2) is 5.83 Å². The van der Waals surface area contributed by atoms with Gasteiger partial charge in [-0.1, -0.05) is 6.07 Å². The predicted molar refractivity (Wildman–Crippen MR) is 42.0 cm³/mol. The van der Waals surface area contributed by atoms with Gasteiger partial charge in [-0.2, -0.15) is 0 Å². The van der Waals surface area contributed by atoms with E-state index in [0.29, 0.717) is 6.08 Å². The molecule has 13 heavy (non-hydrogen) atoms. The Hall–Kier alpha value is -1.32. The summed E-state index contributed by atoms with van der Waals surface area (Å²) in [6, 6.07) is 2.98. The highest BCUT2D eigenvalue weighted by Gasteiger charge is 2.34. The minimum absolute atomic E-state index is 0.0356. The van der Waals surface area contributed by atoms with Crippen LogP contribution in [0.1, 0.15) is 11.3 Å². The van der Waals surface area contributed by atoms with Gasteiger partial charge in [-0.05, 0) is 11.6 Å². The predicted octanol–water partition coefficient (Wildman–Crippen LogP) is 2.58. The third-order valence-corrected chi connectivity index (χ3v) is 1.88. The molecule has 0 saturated heterocycles. The molecular weight excluding hydrogens is 179 g/mol. The minimum Gasteiger partial charge on any atom is -0.254 e. The molecule has 1 aromatic heterocycles. The van der Waals surface area contributed by atoms with Crippen LogP contribution in [0.25, 0.3) is 5.83 Å². The van der Waals surface area contributed by atoms with Gasteiger partial charge in [-0.3, -0.25) is 4.98 Å². The summed E-state index contributed by atoms with van der Waals surface area (Å²) in [6.07, 6.45) is 1.24. The topological polar surface area (TPSA) is 12.9 Å². The first-order valence-corrected chi connectivity index (χ1v) is 3.79. The average Bonchev–Trinajstić information content (AvgIpc) is 2.02. The van der Waals surface area contributed by atoms with Crippen molar-refractivity contribution in [1.29, 1.82) is 0 Å². The van der Waals surface area contributed by atoms with Crippen LogP contribution >= 0.6 is 0 Å². The Morgan fingerprint density at radius 1 is 1.38 bits per heavy atom. The van der Waals surface area contributed by atoms with Crippen molar-refractivity contribution in [3.63, 3.8) is 0 Å². The van der Waals surface area contributed by atoms with E-state index >= 15 is 0 Å². The van der Waals surface area contributed by atoms with Gasteiger partial charge >= 0.3 is 0 Å². The molecule has 68 valence electrons. The number of rotatable bonds is 0. The van der Waals surface area contributed by atoms with Gasteiger partial charge in [0.1, 0.15) is 5.69 Å². The minimum atomic E-state index is -3.08. The smallest absolute Gasteiger partial charge is 0.254 e. The SMILES string of the molecule is FC1=CC(F)(F)Cc2cccnc21. The zero-order valence-electron chi connectivity index (χ0n) is 6.60. The molecule has 0 amide bonds. The molecular formula is C9H6F3N. The van der Waals surface area contributed by atoms with E-state index in [1.165, 1.54) is 18.3 Å². The van der Waals surface area contributed by atoms with Crippen molar-refractivity contribution < 1.29 is 13.2 Å². The first-order valence-electron chi connectivity index (χ1n) is 3.79. The van der Waals surface area contributed by atoms with Crippen molar-refractivity contribution >= 4 is 5.83 Å². The summed E-state index contributed by atoms with van der Waals surface area (Å²) in [4.78, 5) is 3.69. The number of halogens is 3. The van der Waals surface area contributed by atoms with Crippen molar-refractivity contribution in [2.45, 2.75) is 12.3 Å². The fraction of sp³-hybridized carbons (Fsp3) is 0.222. The Kier molecular flexibility index (Phi) is 1.65. The molecule has 1 aliphatic carbocycles. The first-order chi connectivity index (χ1) is 6.08. The average molecular weight is 185 g/mol. The fourth-order valence-electron chi connectivity index (χ4n) is 1.36. The molecule has 0 radical (unpaired) electrons. The van der Waals surface area contributed by atoms with Crippen LogP contribution in [0.3, 0.4) is 0 Å². The number of pyridine rings is 1. The lowest BCUT2D eigenvalue weighted by Crippen LogP contribution is -2.21. The molecule has 0 aromatic carbocycles. The first kappa shape index (κ1) is 8.29. The lowest BCUT2D eigenvalue weighted by atomic mass is 9.99. The van der Waals surface area contributed by atoms with Crippen LogP contribution < -0.4 is 0 Å². The highest BCUT2D eigenvalue weighted by Crippen LogP contribution is 2.33. The normalized spacial score (nSPS) is 19.2. The van der Waals surface area contributed by atoms with Crippen molar-refractivity contribution in [3.05, 3.63) is 35.7 Å². The number of fused-ring (bicyclic) bond motifs is 1. The quantitative estimate of drug-likeness (QED) is 0.605. The van der Waals surface area contributed by atoms with E-state index in [-0.39, 0.29) is 11.3 Å². The summed E-state index contributed by atoms with van der Waals surface area (Å²) in [7, 11) is 0. The van der Waals surface area contributed by atoms with Crippen LogP contribution in [0.5, 0.6) is 0 Å². The summed E-state index contributed by atoms with van der Waals surface area (Å²) < 4.78 is 38.6. The van der Waals surface area contributed by atoms with E-state index in [1.807, 2.05) is 0 Å². The highest BCUT2D eigenvalue weighted by molar-refractivity contribution is 5.62. The van der Waals surface area contributed by atoms with Crippen LogP contribution in [0.15, 0.2) is 24.4 Å². The van der Waals surface area contributed by atoms with Crippen LogP contribution in [0.2, 0.25) is 0 Å². The van der Waals surface area contributed by atoms with Crippen LogP contribution in [0, 0.1) is 0 Å². The summed E-state index contributed by atoms with van der Waals surface area (Å²) in [5, 5.41) is 0. The molecule has 1 aliphatic rings. The van der Waals surface area contributed by atoms with Gasteiger partial charge in [0.2, 0.25) is 0 Å². The number of nitrogens with zero attached hydrogens (tertiary/aromatic N) is 1. The van der Waals surface area contributed by atoms with Crippen molar-refractivity contribution in [2.24, 2.45) is 0 Å². The van der Waals surface area contributed by atoms with E-state index in [9.17, 15) is 13.2 Å². The summed E-state index contributed by atoms with van der Waals surface area (Å²) in [5.74, 6) is -4.02. The molecule has 0 atom stereocenters. The lowest BCUT2D eigenvalue weighted by molar-refractivity contribution is 0.0535. The molecule has 0 aliphatic heterocycles. The second-order valence-corrected chi connectivity index (χ2v) is 2.94. The Morgan fingerprint density at radius 2 is 2.15 bits per heavy atom. The molecule has 0 unspecified atom stereocenters. The Morgan fingerprint density at radius 3 is 2.92 bits per heavy atom. The standard InChI is InChI=1S/C9H6F3N/c10-7-5-9(11,12)4-6-2-1-3-13-8(6)7/h1-3,5H,4H2. The van der Waals surface area contributed by atoms with E-state index in [1.54, 1.807) is 0 Å². The number of hydrogen-bond donors (Lipinski definition) is 0. The zero-order valence-corrected chi connectivity index (χ0v) is 6.60. The largest absolute Gasteiger partial charge is 0.273 e. The third-order valence-electron chi connectivity index (χ3n) is 1.88. The van der Waals surface area contributed by atoms with E-state index in [2.05, 4.69) is 4.98 Å². The van der Waals surface area contributed by atoms with E-state index in [4.69, 9.17) is 0 Å². The van der Waals surface area contributed by atoms with E-state index < -0.39 is 18.2 Å². The Bertz CT molecular complexity index is 371. The maximum atomic E-state index is 13.0. The number of alkyl halides is 2. The van der Waals surface area contributed by atoms with Gasteiger partial charge < -0.3 is 0 Å². The maximum Gasteiger partial charge on any atom is 0.273 e. The molecule has 0 N–H and O–H groups in total. The fourth-order valence-corrected chi connectivity index (χ4v) is 1.36.